The molecule has 7 N–H and O–H groups in total. The number of rotatable bonds is 22. The van der Waals surface area contributed by atoms with Gasteiger partial charge in [0.05, 0.1) is 12.2 Å². The lowest BCUT2D eigenvalue weighted by Gasteiger charge is -2.18. The Balaban J connectivity index is 2.41. The van der Waals surface area contributed by atoms with Crippen molar-refractivity contribution in [1.29, 1.82) is 0 Å². The van der Waals surface area contributed by atoms with Gasteiger partial charge in [-0.05, 0) is 32.1 Å². The molecule has 242 valence electrons. The predicted molar refractivity (Wildman–Crippen MR) is 164 cm³/mol. The Bertz CT molecular complexity index is 1000. The maximum atomic E-state index is 12.3. The minimum atomic E-state index is -1.30. The van der Waals surface area contributed by atoms with Gasteiger partial charge < -0.3 is 36.4 Å². The molecule has 0 spiro atoms. The summed E-state index contributed by atoms with van der Waals surface area (Å²) in [6.07, 6.45) is 15.4. The van der Waals surface area contributed by atoms with E-state index in [1.807, 2.05) is 24.3 Å². The fraction of sp³-hybridized carbons (Fsp3) is 0.633. The average molecular weight is 626 g/mol. The molecule has 43 heavy (non-hydrogen) atoms. The molecule has 3 amide bonds. The van der Waals surface area contributed by atoms with Crippen LogP contribution in [0.4, 0.5) is 0 Å². The molecule has 1 aliphatic carbocycles. The van der Waals surface area contributed by atoms with Gasteiger partial charge in [0.2, 0.25) is 17.7 Å². The van der Waals surface area contributed by atoms with Gasteiger partial charge in [-0.2, -0.15) is 12.6 Å². The number of amides is 3. The zero-order valence-corrected chi connectivity index (χ0v) is 25.6. The Kier molecular flexibility index (Phi) is 18.9. The number of allylic oxidation sites excluding steroid dienone is 4. The maximum Gasteiger partial charge on any atom is 0.326 e. The van der Waals surface area contributed by atoms with Crippen molar-refractivity contribution in [3.63, 3.8) is 0 Å². The first-order valence-corrected chi connectivity index (χ1v) is 15.4. The summed E-state index contributed by atoms with van der Waals surface area (Å²) >= 11 is 3.97. The molecule has 0 aliphatic heterocycles. The van der Waals surface area contributed by atoms with Crippen LogP contribution in [0.5, 0.6) is 0 Å². The van der Waals surface area contributed by atoms with Crippen LogP contribution in [0.25, 0.3) is 0 Å². The van der Waals surface area contributed by atoms with E-state index in [1.165, 1.54) is 0 Å². The Morgan fingerprint density at radius 1 is 0.930 bits per heavy atom. The highest BCUT2D eigenvalue weighted by Crippen LogP contribution is 2.30. The van der Waals surface area contributed by atoms with Crippen molar-refractivity contribution < 1.29 is 44.4 Å². The Hall–Kier alpha value is -3.16. The van der Waals surface area contributed by atoms with Gasteiger partial charge in [-0.15, -0.1) is 0 Å². The molecular formula is C30H47N3O9S. The van der Waals surface area contributed by atoms with Gasteiger partial charge in [0, 0.05) is 30.4 Å². The molecule has 0 aromatic rings. The van der Waals surface area contributed by atoms with Gasteiger partial charge >= 0.3 is 11.9 Å². The Morgan fingerprint density at radius 3 is 2.28 bits per heavy atom. The molecule has 0 saturated heterocycles. The van der Waals surface area contributed by atoms with Gasteiger partial charge in [-0.25, -0.2) is 4.79 Å². The smallest absolute Gasteiger partial charge is 0.326 e. The van der Waals surface area contributed by atoms with Crippen molar-refractivity contribution in [1.82, 2.24) is 16.0 Å². The molecule has 1 aliphatic rings. The molecule has 1 rings (SSSR count). The van der Waals surface area contributed by atoms with Crippen molar-refractivity contribution in [3.05, 3.63) is 36.5 Å². The summed E-state index contributed by atoms with van der Waals surface area (Å²) < 4.78 is 0. The van der Waals surface area contributed by atoms with Crippen LogP contribution in [0.1, 0.15) is 71.1 Å². The first-order valence-electron chi connectivity index (χ1n) is 14.8. The largest absolute Gasteiger partial charge is 0.480 e. The number of aliphatic hydroxyl groups excluding tert-OH is 2. The van der Waals surface area contributed by atoms with Gasteiger partial charge in [-0.1, -0.05) is 62.6 Å². The minimum Gasteiger partial charge on any atom is -0.480 e. The number of hydrogen-bond acceptors (Lipinski definition) is 8. The summed E-state index contributed by atoms with van der Waals surface area (Å²) in [5.74, 6) is -4.49. The van der Waals surface area contributed by atoms with E-state index >= 15 is 0 Å². The summed E-state index contributed by atoms with van der Waals surface area (Å²) in [4.78, 5) is 58.6. The first-order chi connectivity index (χ1) is 20.5. The Labute approximate surface area is 258 Å². The number of aliphatic carboxylic acids is 2. The van der Waals surface area contributed by atoms with E-state index in [0.29, 0.717) is 19.3 Å². The van der Waals surface area contributed by atoms with Crippen molar-refractivity contribution in [3.8, 4) is 0 Å². The fourth-order valence-corrected chi connectivity index (χ4v) is 4.77. The van der Waals surface area contributed by atoms with E-state index in [-0.39, 0.29) is 36.9 Å². The van der Waals surface area contributed by atoms with Gasteiger partial charge in [-0.3, -0.25) is 19.2 Å². The molecule has 0 bridgehead atoms. The molecule has 1 unspecified atom stereocenters. The number of nitrogens with one attached hydrogen (secondary N) is 3. The summed E-state index contributed by atoms with van der Waals surface area (Å²) in [5.41, 5.74) is 0. The highest BCUT2D eigenvalue weighted by atomic mass is 32.1. The highest BCUT2D eigenvalue weighted by Gasteiger charge is 2.28. The summed E-state index contributed by atoms with van der Waals surface area (Å²) in [5, 5.41) is 45.4. The zero-order valence-electron chi connectivity index (χ0n) is 24.7. The third-order valence-corrected chi connectivity index (χ3v) is 7.38. The molecule has 6 atom stereocenters. The SMILES string of the molecule is CCCCC[C@H](O)/C=C/[C@H]1C=CC(O)[C@@H]1C/C=C\CCCC(=O)N[C@@H](CCC(=O)N[C@@H](CS)C(=O)NCC(=O)O)C(=O)O. The normalized spacial score (nSPS) is 20.1. The number of carboxylic acids is 2. The van der Waals surface area contributed by atoms with Crippen molar-refractivity contribution >= 4 is 42.3 Å². The molecule has 0 radical (unpaired) electrons. The standard InChI is InChI=1S/C30H47N3O9S/c1-2-3-6-9-21(34)14-12-20-13-16-25(35)22(20)10-7-4-5-8-11-26(36)32-23(30(41)42)15-17-27(37)33-24(19-43)29(40)31-18-28(38)39/h4,7,12-14,16,20-25,34-35,43H,2-3,5-6,8-11,15,17-19H2,1H3,(H,31,40)(H,32,36)(H,33,37)(H,38,39)(H,41,42)/b7-4-,14-12+/t20-,21-,22+,23-,24-,25?/m0/s1. The van der Waals surface area contributed by atoms with E-state index in [1.54, 1.807) is 12.2 Å². The number of unbranched alkanes of at least 4 members (excludes halogenated alkanes) is 3. The number of carbonyl (C=O) groups excluding carboxylic acids is 3. The van der Waals surface area contributed by atoms with Crippen LogP contribution in [0, 0.1) is 11.8 Å². The van der Waals surface area contributed by atoms with Crippen molar-refractivity contribution in [2.75, 3.05) is 12.3 Å². The van der Waals surface area contributed by atoms with Crippen LogP contribution in [-0.2, 0) is 24.0 Å². The van der Waals surface area contributed by atoms with Crippen molar-refractivity contribution in [2.24, 2.45) is 11.8 Å². The molecule has 0 fully saturated rings. The van der Waals surface area contributed by atoms with E-state index in [9.17, 15) is 39.3 Å². The van der Waals surface area contributed by atoms with Crippen molar-refractivity contribution in [2.45, 2.75) is 95.4 Å². The summed E-state index contributed by atoms with van der Waals surface area (Å²) in [7, 11) is 0. The molecule has 0 saturated carbocycles. The van der Waals surface area contributed by atoms with E-state index in [4.69, 9.17) is 5.11 Å². The second-order valence-corrected chi connectivity index (χ2v) is 10.9. The van der Waals surface area contributed by atoms with Crippen LogP contribution < -0.4 is 16.0 Å². The lowest BCUT2D eigenvalue weighted by molar-refractivity contribution is -0.142. The number of carboxylic acid groups (broad SMARTS) is 2. The quantitative estimate of drug-likeness (QED) is 0.0501. The second kappa shape index (κ2) is 21.5. The number of hydrogen-bond donors (Lipinski definition) is 8. The minimum absolute atomic E-state index is 0.0270. The van der Waals surface area contributed by atoms with Crippen LogP contribution in [0.15, 0.2) is 36.5 Å². The number of thiol groups is 1. The lowest BCUT2D eigenvalue weighted by atomic mass is 9.89. The third-order valence-electron chi connectivity index (χ3n) is 7.01. The molecular weight excluding hydrogens is 578 g/mol. The zero-order chi connectivity index (χ0) is 32.2. The fourth-order valence-electron chi connectivity index (χ4n) is 4.51. The van der Waals surface area contributed by atoms with Crippen LogP contribution in [-0.4, -0.2) is 86.7 Å². The van der Waals surface area contributed by atoms with E-state index in [0.717, 1.165) is 25.7 Å². The topological polar surface area (TPSA) is 202 Å². The van der Waals surface area contributed by atoms with E-state index in [2.05, 4.69) is 35.5 Å². The van der Waals surface area contributed by atoms with E-state index < -0.39 is 60.5 Å². The van der Waals surface area contributed by atoms with Gasteiger partial charge in [0.1, 0.15) is 18.6 Å². The molecule has 0 aromatic carbocycles. The summed E-state index contributed by atoms with van der Waals surface area (Å²) in [6.45, 7) is 1.50. The molecule has 0 heterocycles. The average Bonchev–Trinajstić information content (AvgIpc) is 3.31. The van der Waals surface area contributed by atoms with Crippen LogP contribution in [0.2, 0.25) is 0 Å². The monoisotopic (exact) mass is 625 g/mol. The van der Waals surface area contributed by atoms with Gasteiger partial charge in [0.15, 0.2) is 0 Å². The number of carbonyl (C=O) groups is 5. The molecule has 0 aromatic heterocycles. The third kappa shape index (κ3) is 16.3. The highest BCUT2D eigenvalue weighted by molar-refractivity contribution is 7.80. The molecule has 13 heteroatoms. The number of aliphatic hydroxyl groups is 2. The second-order valence-electron chi connectivity index (χ2n) is 10.6. The lowest BCUT2D eigenvalue weighted by Crippen LogP contribution is -2.49. The Morgan fingerprint density at radius 2 is 1.63 bits per heavy atom. The molecule has 12 nitrogen and oxygen atoms in total. The van der Waals surface area contributed by atoms with Gasteiger partial charge in [0.25, 0.3) is 0 Å². The maximum absolute atomic E-state index is 12.3. The first kappa shape index (κ1) is 37.9. The summed E-state index contributed by atoms with van der Waals surface area (Å²) in [6, 6.07) is -2.39. The van der Waals surface area contributed by atoms with Crippen LogP contribution in [0.3, 0.4) is 0 Å². The van der Waals surface area contributed by atoms with Crippen LogP contribution >= 0.6 is 12.6 Å². The predicted octanol–water partition coefficient (Wildman–Crippen LogP) is 1.73.